The van der Waals surface area contributed by atoms with E-state index in [9.17, 15) is 23.1 Å². The zero-order valence-electron chi connectivity index (χ0n) is 22.8. The summed E-state index contributed by atoms with van der Waals surface area (Å²) in [7, 11) is -3.87. The monoisotopic (exact) mass is 585 g/mol. The highest BCUT2D eigenvalue weighted by molar-refractivity contribution is 7.91. The Balaban J connectivity index is 1.80. The number of nitrogens with one attached hydrogen (secondary N) is 2. The third kappa shape index (κ3) is 9.16. The highest BCUT2D eigenvalue weighted by atomic mass is 35.5. The fourth-order valence-electron chi connectivity index (χ4n) is 4.19. The van der Waals surface area contributed by atoms with E-state index >= 15 is 0 Å². The van der Waals surface area contributed by atoms with Crippen LogP contribution in [-0.2, 0) is 27.5 Å². The Kier molecular flexibility index (Phi) is 10.5. The van der Waals surface area contributed by atoms with Gasteiger partial charge >= 0.3 is 0 Å². The number of hydrogen-bond acceptors (Lipinski definition) is 6. The van der Waals surface area contributed by atoms with E-state index in [1.54, 1.807) is 24.3 Å². The smallest absolute Gasteiger partial charge is 0.251 e. The molecule has 40 heavy (non-hydrogen) atoms. The van der Waals surface area contributed by atoms with Crippen LogP contribution in [0.2, 0.25) is 5.02 Å². The number of hydrogen-bond donors (Lipinski definition) is 4. The first-order valence-corrected chi connectivity index (χ1v) is 14.9. The Bertz CT molecular complexity index is 1410. The number of carbonyl (C=O) groups is 2. The molecule has 0 aromatic heterocycles. The highest BCUT2D eigenvalue weighted by Gasteiger charge is 2.29. The fourth-order valence-corrected chi connectivity index (χ4v) is 5.68. The summed E-state index contributed by atoms with van der Waals surface area (Å²) in [6.45, 7) is 5.64. The molecule has 3 rings (SSSR count). The van der Waals surface area contributed by atoms with E-state index in [1.165, 1.54) is 24.3 Å². The summed E-state index contributed by atoms with van der Waals surface area (Å²) in [5.74, 6) is -1.60. The van der Waals surface area contributed by atoms with Gasteiger partial charge in [0, 0.05) is 22.5 Å². The van der Waals surface area contributed by atoms with Crippen molar-refractivity contribution in [3.63, 3.8) is 0 Å². The molecule has 0 unspecified atom stereocenters. The molecule has 3 aromatic rings. The molecule has 0 saturated heterocycles. The van der Waals surface area contributed by atoms with Gasteiger partial charge in [0.15, 0.2) is 9.84 Å². The van der Waals surface area contributed by atoms with Crippen LogP contribution in [0, 0.1) is 0 Å². The van der Waals surface area contributed by atoms with Gasteiger partial charge < -0.3 is 21.5 Å². The number of aliphatic hydroxyl groups is 1. The summed E-state index contributed by atoms with van der Waals surface area (Å²) in [6.07, 6.45) is -0.766. The number of nitrogens with two attached hydrogens (primary N) is 1. The van der Waals surface area contributed by atoms with Crippen LogP contribution in [0.5, 0.6) is 0 Å². The zero-order valence-corrected chi connectivity index (χ0v) is 24.4. The highest BCUT2D eigenvalue weighted by Crippen LogP contribution is 2.18. The molecule has 0 aliphatic carbocycles. The largest absolute Gasteiger partial charge is 0.391 e. The summed E-state index contributed by atoms with van der Waals surface area (Å²) in [4.78, 5) is 26.0. The van der Waals surface area contributed by atoms with Gasteiger partial charge in [-0.25, -0.2) is 8.42 Å². The topological polar surface area (TPSA) is 139 Å². The van der Waals surface area contributed by atoms with Gasteiger partial charge in [0.2, 0.25) is 5.91 Å². The van der Waals surface area contributed by atoms with Crippen molar-refractivity contribution in [2.45, 2.75) is 62.2 Å². The molecule has 10 heteroatoms. The molecular formula is C30H36ClN3O5S. The lowest BCUT2D eigenvalue weighted by molar-refractivity contribution is -0.123. The molecule has 0 saturated carbocycles. The van der Waals surface area contributed by atoms with E-state index in [4.69, 9.17) is 17.3 Å². The number of halogens is 1. The van der Waals surface area contributed by atoms with Crippen LogP contribution < -0.4 is 16.4 Å². The second kappa shape index (κ2) is 13.4. The molecule has 0 aliphatic rings. The number of aliphatic hydroxyl groups excluding tert-OH is 1. The van der Waals surface area contributed by atoms with Crippen LogP contribution in [0.1, 0.15) is 42.3 Å². The normalized spacial score (nSPS) is 14.2. The molecule has 0 aliphatic heterocycles. The van der Waals surface area contributed by atoms with E-state index < -0.39 is 45.2 Å². The number of benzene rings is 3. The number of carbonyl (C=O) groups excluding carboxylic acids is 2. The first-order valence-electron chi connectivity index (χ1n) is 12.9. The summed E-state index contributed by atoms with van der Waals surface area (Å²) < 4.78 is 25.6. The summed E-state index contributed by atoms with van der Waals surface area (Å²) in [6, 6.07) is 19.7. The van der Waals surface area contributed by atoms with Crippen molar-refractivity contribution in [1.82, 2.24) is 10.6 Å². The standard InChI is InChI=1S/C30H36ClN3O5S/c1-30(2,3)34-28(36)24-12-8-7-11-21(24)18-27(35)26(17-20-9-5-4-6-10-20)33-29(37)25(32)19-40(38,39)23-15-13-22(31)14-16-23/h4-16,25-27,35H,17-19,32H2,1-3H3,(H,33,37)(H,34,36)/t25-,26+,27-/m1/s1. The first-order chi connectivity index (χ1) is 18.7. The maximum Gasteiger partial charge on any atom is 0.251 e. The predicted octanol–water partition coefficient (Wildman–Crippen LogP) is 3.30. The van der Waals surface area contributed by atoms with E-state index in [2.05, 4.69) is 10.6 Å². The number of rotatable bonds is 11. The Labute approximate surface area is 240 Å². The maximum atomic E-state index is 13.1. The fraction of sp³-hybridized carbons (Fsp3) is 0.333. The van der Waals surface area contributed by atoms with Crippen molar-refractivity contribution >= 4 is 33.3 Å². The zero-order chi connectivity index (χ0) is 29.5. The van der Waals surface area contributed by atoms with Gasteiger partial charge in [-0.2, -0.15) is 0 Å². The van der Waals surface area contributed by atoms with Crippen LogP contribution >= 0.6 is 11.6 Å². The average molecular weight is 586 g/mol. The van der Waals surface area contributed by atoms with Crippen LogP contribution in [-0.4, -0.2) is 54.8 Å². The minimum Gasteiger partial charge on any atom is -0.391 e. The van der Waals surface area contributed by atoms with E-state index in [1.807, 2.05) is 51.1 Å². The summed E-state index contributed by atoms with van der Waals surface area (Å²) in [5, 5.41) is 17.4. The van der Waals surface area contributed by atoms with E-state index in [0.29, 0.717) is 16.1 Å². The first kappa shape index (κ1) is 31.3. The van der Waals surface area contributed by atoms with Crippen LogP contribution in [0.4, 0.5) is 0 Å². The second-order valence-electron chi connectivity index (χ2n) is 10.8. The minimum absolute atomic E-state index is 0.00570. The van der Waals surface area contributed by atoms with Crippen LogP contribution in [0.15, 0.2) is 83.8 Å². The predicted molar refractivity (Wildman–Crippen MR) is 157 cm³/mol. The van der Waals surface area contributed by atoms with Gasteiger partial charge in [-0.1, -0.05) is 60.1 Å². The van der Waals surface area contributed by atoms with Gasteiger partial charge in [0.05, 0.1) is 28.8 Å². The Morgan fingerprint density at radius 2 is 1.52 bits per heavy atom. The van der Waals surface area contributed by atoms with Crippen molar-refractivity contribution in [1.29, 1.82) is 0 Å². The van der Waals surface area contributed by atoms with Crippen molar-refractivity contribution in [2.24, 2.45) is 5.73 Å². The lowest BCUT2D eigenvalue weighted by atomic mass is 9.93. The van der Waals surface area contributed by atoms with Gasteiger partial charge in [-0.3, -0.25) is 9.59 Å². The quantitative estimate of drug-likeness (QED) is 0.272. The minimum atomic E-state index is -3.87. The third-order valence-electron chi connectivity index (χ3n) is 6.18. The molecule has 0 spiro atoms. The SMILES string of the molecule is CC(C)(C)NC(=O)c1ccccc1C[C@@H](O)[C@H](Cc1ccccc1)NC(=O)[C@H](N)CS(=O)(=O)c1ccc(Cl)cc1. The Morgan fingerprint density at radius 1 is 0.925 bits per heavy atom. The molecule has 214 valence electrons. The molecule has 2 amide bonds. The molecule has 3 atom stereocenters. The lowest BCUT2D eigenvalue weighted by Crippen LogP contribution is -2.53. The van der Waals surface area contributed by atoms with E-state index in [0.717, 1.165) is 5.56 Å². The number of sulfone groups is 1. The Hall–Kier alpha value is -3.24. The van der Waals surface area contributed by atoms with Gasteiger partial charge in [0.25, 0.3) is 5.91 Å². The van der Waals surface area contributed by atoms with Crippen molar-refractivity contribution in [3.05, 3.63) is 101 Å². The van der Waals surface area contributed by atoms with Crippen molar-refractivity contribution in [3.8, 4) is 0 Å². The molecule has 0 radical (unpaired) electrons. The second-order valence-corrected chi connectivity index (χ2v) is 13.3. The van der Waals surface area contributed by atoms with Gasteiger partial charge in [-0.15, -0.1) is 0 Å². The molecule has 3 aromatic carbocycles. The van der Waals surface area contributed by atoms with Crippen LogP contribution in [0.3, 0.4) is 0 Å². The third-order valence-corrected chi connectivity index (χ3v) is 8.22. The molecule has 0 bridgehead atoms. The van der Waals surface area contributed by atoms with Crippen LogP contribution in [0.25, 0.3) is 0 Å². The maximum absolute atomic E-state index is 13.1. The molecule has 8 nitrogen and oxygen atoms in total. The van der Waals surface area contributed by atoms with E-state index in [-0.39, 0.29) is 23.6 Å². The molecule has 5 N–H and O–H groups in total. The molecular weight excluding hydrogens is 550 g/mol. The summed E-state index contributed by atoms with van der Waals surface area (Å²) in [5.41, 5.74) is 7.47. The van der Waals surface area contributed by atoms with Gasteiger partial charge in [0.1, 0.15) is 0 Å². The van der Waals surface area contributed by atoms with Crippen molar-refractivity contribution < 1.29 is 23.1 Å². The van der Waals surface area contributed by atoms with Crippen molar-refractivity contribution in [2.75, 3.05) is 5.75 Å². The van der Waals surface area contributed by atoms with Gasteiger partial charge in [-0.05, 0) is 68.7 Å². The Morgan fingerprint density at radius 3 is 2.15 bits per heavy atom. The molecule has 0 heterocycles. The number of amides is 2. The molecule has 0 fully saturated rings. The lowest BCUT2D eigenvalue weighted by Gasteiger charge is -2.27. The average Bonchev–Trinajstić information content (AvgIpc) is 2.88. The summed E-state index contributed by atoms with van der Waals surface area (Å²) >= 11 is 5.85.